The molecule has 1 saturated heterocycles. The molecule has 1 amide bonds. The van der Waals surface area contributed by atoms with E-state index in [0.29, 0.717) is 29.6 Å². The summed E-state index contributed by atoms with van der Waals surface area (Å²) in [5, 5.41) is 3.54. The van der Waals surface area contributed by atoms with Gasteiger partial charge >= 0.3 is 5.56 Å². The Labute approximate surface area is 232 Å². The Balaban J connectivity index is 1.12. The van der Waals surface area contributed by atoms with E-state index in [1.807, 2.05) is 24.9 Å². The highest BCUT2D eigenvalue weighted by Gasteiger charge is 2.49. The second-order valence-corrected chi connectivity index (χ2v) is 12.1. The van der Waals surface area contributed by atoms with E-state index in [0.717, 1.165) is 29.5 Å². The average molecular weight is 561 g/mol. The highest BCUT2D eigenvalue weighted by atomic mass is 31.1. The van der Waals surface area contributed by atoms with Gasteiger partial charge in [0.15, 0.2) is 0 Å². The molecule has 0 radical (unpaired) electrons. The SMILES string of the molecule is C=[P+](C)n1c(=O)c(C(=O)Nc2ccc(Oc3ccnc4cc(OCC5CCC6(CC6)O5)ccc34)cn2)c(C)n1C. The first-order valence-electron chi connectivity index (χ1n) is 13.2. The topological polar surface area (TPSA) is 110 Å². The summed E-state index contributed by atoms with van der Waals surface area (Å²) in [5.41, 5.74) is 1.19. The largest absolute Gasteiger partial charge is 0.491 e. The number of hydrogen-bond acceptors (Lipinski definition) is 7. The summed E-state index contributed by atoms with van der Waals surface area (Å²) in [7, 11) is 0.765. The van der Waals surface area contributed by atoms with E-state index in [-0.39, 0.29) is 22.8 Å². The molecule has 2 atom stereocenters. The summed E-state index contributed by atoms with van der Waals surface area (Å²) in [6.07, 6.45) is 11.8. The van der Waals surface area contributed by atoms with E-state index in [9.17, 15) is 9.59 Å². The molecule has 1 aliphatic heterocycles. The molecule has 6 rings (SSSR count). The summed E-state index contributed by atoms with van der Waals surface area (Å²) in [6, 6.07) is 10.9. The fraction of sp³-hybridized carbons (Fsp3) is 0.345. The van der Waals surface area contributed by atoms with E-state index in [1.165, 1.54) is 23.5 Å². The quantitative estimate of drug-likeness (QED) is 0.306. The third-order valence-corrected chi connectivity index (χ3v) is 8.64. The normalized spacial score (nSPS) is 17.7. The number of rotatable bonds is 8. The Morgan fingerprint density at radius 2 is 2.00 bits per heavy atom. The van der Waals surface area contributed by atoms with Crippen molar-refractivity contribution >= 4 is 36.6 Å². The smallest absolute Gasteiger partial charge is 0.321 e. The summed E-state index contributed by atoms with van der Waals surface area (Å²) < 4.78 is 21.4. The number of anilines is 1. The number of nitrogens with zero attached hydrogens (tertiary/aromatic N) is 4. The van der Waals surface area contributed by atoms with E-state index < -0.39 is 13.6 Å². The van der Waals surface area contributed by atoms with E-state index in [1.54, 1.807) is 43.0 Å². The van der Waals surface area contributed by atoms with E-state index >= 15 is 0 Å². The van der Waals surface area contributed by atoms with Crippen molar-refractivity contribution in [3.05, 3.63) is 70.4 Å². The number of carbonyl (C=O) groups is 1. The standard InChI is InChI=1S/C29H30N5O5P/c1-18-26(28(36)34(33(18)2)40(3)4)27(35)32-25-8-6-20(16-31-25)38-24-10-14-30-23-15-19(5-7-22(23)24)37-17-21-9-11-29(39-21)12-13-29/h5-8,10,14-16,21H,3,9,11-13,17H2,1-2,4H3/p+1. The minimum absolute atomic E-state index is 0.0804. The molecule has 1 aromatic carbocycles. The number of hydrogen-bond donors (Lipinski definition) is 1. The van der Waals surface area contributed by atoms with Gasteiger partial charge in [0.05, 0.1) is 35.4 Å². The van der Waals surface area contributed by atoms with Gasteiger partial charge in [0, 0.05) is 24.7 Å². The molecule has 206 valence electrons. The molecule has 0 bridgehead atoms. The second kappa shape index (κ2) is 10.2. The van der Waals surface area contributed by atoms with Crippen molar-refractivity contribution in [3.63, 3.8) is 0 Å². The van der Waals surface area contributed by atoms with Crippen LogP contribution in [0.25, 0.3) is 10.9 Å². The van der Waals surface area contributed by atoms with Gasteiger partial charge in [0.25, 0.3) is 5.91 Å². The molecule has 1 N–H and O–H groups in total. The molecule has 40 heavy (non-hydrogen) atoms. The van der Waals surface area contributed by atoms with Gasteiger partial charge in [-0.3, -0.25) is 19.3 Å². The molecule has 4 aromatic rings. The van der Waals surface area contributed by atoms with Gasteiger partial charge in [0.2, 0.25) is 7.70 Å². The van der Waals surface area contributed by atoms with Crippen LogP contribution in [0.3, 0.4) is 0 Å². The number of nitrogens with one attached hydrogen (secondary N) is 1. The molecule has 2 aliphatic rings. The average Bonchev–Trinajstić information content (AvgIpc) is 3.50. The second-order valence-electron chi connectivity index (χ2n) is 10.4. The van der Waals surface area contributed by atoms with Crippen molar-refractivity contribution in [2.75, 3.05) is 18.6 Å². The summed E-state index contributed by atoms with van der Waals surface area (Å²) in [4.78, 5) is 34.5. The number of benzene rings is 1. The van der Waals surface area contributed by atoms with Crippen LogP contribution in [-0.2, 0) is 11.8 Å². The van der Waals surface area contributed by atoms with Crippen LogP contribution in [0.15, 0.2) is 53.6 Å². The van der Waals surface area contributed by atoms with Crippen molar-refractivity contribution in [3.8, 4) is 17.2 Å². The Morgan fingerprint density at radius 1 is 1.20 bits per heavy atom. The van der Waals surface area contributed by atoms with Crippen LogP contribution in [0.4, 0.5) is 5.82 Å². The van der Waals surface area contributed by atoms with Crippen LogP contribution >= 0.6 is 7.70 Å². The molecule has 10 nitrogen and oxygen atoms in total. The van der Waals surface area contributed by atoms with Gasteiger partial charge in [-0.15, -0.1) is 0 Å². The fourth-order valence-electron chi connectivity index (χ4n) is 5.15. The highest BCUT2D eigenvalue weighted by molar-refractivity contribution is 7.53. The molecule has 2 fully saturated rings. The Morgan fingerprint density at radius 3 is 2.67 bits per heavy atom. The number of fused-ring (bicyclic) bond motifs is 1. The highest BCUT2D eigenvalue weighted by Crippen LogP contribution is 2.49. The minimum Gasteiger partial charge on any atom is -0.491 e. The van der Waals surface area contributed by atoms with E-state index in [2.05, 4.69) is 21.6 Å². The first-order valence-corrected chi connectivity index (χ1v) is 15.1. The van der Waals surface area contributed by atoms with Gasteiger partial charge in [-0.05, 0) is 62.9 Å². The molecule has 3 aromatic heterocycles. The van der Waals surface area contributed by atoms with Crippen LogP contribution in [0.5, 0.6) is 17.2 Å². The molecule has 1 aliphatic carbocycles. The van der Waals surface area contributed by atoms with Crippen LogP contribution in [0.1, 0.15) is 41.7 Å². The van der Waals surface area contributed by atoms with Crippen molar-refractivity contribution in [1.29, 1.82) is 0 Å². The maximum atomic E-state index is 12.9. The number of aromatic nitrogens is 4. The number of carbonyl (C=O) groups excluding carboxylic acids is 1. The third kappa shape index (κ3) is 5.00. The fourth-order valence-corrected chi connectivity index (χ4v) is 6.15. The van der Waals surface area contributed by atoms with Gasteiger partial charge in [-0.25, -0.2) is 4.98 Å². The lowest BCUT2D eigenvalue weighted by atomic mass is 10.2. The predicted molar refractivity (Wildman–Crippen MR) is 155 cm³/mol. The summed E-state index contributed by atoms with van der Waals surface area (Å²) in [6.45, 7) is 4.12. The van der Waals surface area contributed by atoms with Crippen LogP contribution in [0.2, 0.25) is 0 Å². The monoisotopic (exact) mass is 560 g/mol. The molecule has 11 heteroatoms. The lowest BCUT2D eigenvalue weighted by Crippen LogP contribution is -2.23. The Bertz CT molecular complexity index is 1690. The minimum atomic E-state index is -0.977. The molecule has 1 spiro atoms. The van der Waals surface area contributed by atoms with E-state index in [4.69, 9.17) is 14.2 Å². The molecule has 2 unspecified atom stereocenters. The first-order chi connectivity index (χ1) is 19.2. The third-order valence-electron chi connectivity index (χ3n) is 7.54. The molecule has 1 saturated carbocycles. The molecular weight excluding hydrogens is 529 g/mol. The van der Waals surface area contributed by atoms with Crippen molar-refractivity contribution in [1.82, 2.24) is 19.1 Å². The molecule has 4 heterocycles. The van der Waals surface area contributed by atoms with Crippen LogP contribution < -0.4 is 20.3 Å². The van der Waals surface area contributed by atoms with Gasteiger partial charge in [0.1, 0.15) is 41.9 Å². The zero-order valence-corrected chi connectivity index (χ0v) is 23.6. The number of ether oxygens (including phenoxy) is 3. The van der Waals surface area contributed by atoms with Gasteiger partial charge < -0.3 is 19.5 Å². The summed E-state index contributed by atoms with van der Waals surface area (Å²) in [5.74, 6) is 1.64. The lowest BCUT2D eigenvalue weighted by Gasteiger charge is -2.14. The number of pyridine rings is 2. The van der Waals surface area contributed by atoms with Crippen molar-refractivity contribution in [2.45, 2.75) is 44.3 Å². The van der Waals surface area contributed by atoms with Crippen molar-refractivity contribution in [2.24, 2.45) is 7.05 Å². The van der Waals surface area contributed by atoms with Crippen LogP contribution in [0, 0.1) is 6.92 Å². The van der Waals surface area contributed by atoms with Gasteiger partial charge in [-0.1, -0.05) is 4.45 Å². The Kier molecular flexibility index (Phi) is 6.68. The number of amides is 1. The Hall–Kier alpha value is -4.01. The first kappa shape index (κ1) is 26.2. The van der Waals surface area contributed by atoms with Crippen molar-refractivity contribution < 1.29 is 19.0 Å². The zero-order chi connectivity index (χ0) is 28.0. The lowest BCUT2D eigenvalue weighted by molar-refractivity contribution is 0.00383. The maximum absolute atomic E-state index is 12.9. The van der Waals surface area contributed by atoms with Crippen LogP contribution in [-0.4, -0.2) is 56.3 Å². The molecular formula is C29H31N5O5P+. The predicted octanol–water partition coefficient (Wildman–Crippen LogP) is 4.88. The van der Waals surface area contributed by atoms with Gasteiger partial charge in [-0.2, -0.15) is 0 Å². The summed E-state index contributed by atoms with van der Waals surface area (Å²) >= 11 is 0. The zero-order valence-electron chi connectivity index (χ0n) is 22.7. The maximum Gasteiger partial charge on any atom is 0.321 e.